The number of anilines is 1. The van der Waals surface area contributed by atoms with Crippen LogP contribution in [0.2, 0.25) is 0 Å². The average molecular weight is 393 g/mol. The molecule has 152 valence electrons. The Morgan fingerprint density at radius 2 is 1.97 bits per heavy atom. The van der Waals surface area contributed by atoms with E-state index in [1.165, 1.54) is 0 Å². The molecule has 29 heavy (non-hydrogen) atoms. The van der Waals surface area contributed by atoms with Crippen LogP contribution in [0, 0.1) is 5.41 Å². The van der Waals surface area contributed by atoms with Crippen LogP contribution in [0.4, 0.5) is 5.95 Å². The molecule has 1 atom stereocenters. The van der Waals surface area contributed by atoms with Crippen molar-refractivity contribution in [3.8, 4) is 0 Å². The number of nitrogens with one attached hydrogen (secondary N) is 2. The molecule has 6 heteroatoms. The van der Waals surface area contributed by atoms with E-state index < -0.39 is 5.41 Å². The number of carbonyl (C=O) groups excluding carboxylic acids is 1. The summed E-state index contributed by atoms with van der Waals surface area (Å²) in [7, 11) is 0. The lowest BCUT2D eigenvalue weighted by Crippen LogP contribution is -2.40. The third-order valence-electron chi connectivity index (χ3n) is 5.91. The molecule has 2 aliphatic carbocycles. The number of fused-ring (bicyclic) bond motifs is 1. The minimum atomic E-state index is -0.637. The fraction of sp³-hybridized carbons (Fsp3) is 0.435. The number of aliphatic hydroxyl groups is 1. The summed E-state index contributed by atoms with van der Waals surface area (Å²) in [4.78, 5) is 22.0. The van der Waals surface area contributed by atoms with Gasteiger partial charge >= 0.3 is 0 Å². The first-order valence-electron chi connectivity index (χ1n) is 10.3. The highest BCUT2D eigenvalue weighted by atomic mass is 16.3. The van der Waals surface area contributed by atoms with Gasteiger partial charge in [-0.2, -0.15) is 0 Å². The normalized spacial score (nSPS) is 25.9. The topological polar surface area (TPSA) is 87.1 Å². The van der Waals surface area contributed by atoms with Gasteiger partial charge in [0.05, 0.1) is 17.2 Å². The van der Waals surface area contributed by atoms with Crippen LogP contribution in [0.5, 0.6) is 0 Å². The molecule has 0 aliphatic heterocycles. The maximum Gasteiger partial charge on any atom is 0.230 e. The van der Waals surface area contributed by atoms with Gasteiger partial charge in [0.1, 0.15) is 0 Å². The minimum Gasteiger partial charge on any atom is -0.393 e. The number of rotatable bonds is 5. The van der Waals surface area contributed by atoms with E-state index in [1.807, 2.05) is 55.6 Å². The lowest BCUT2D eigenvalue weighted by Gasteiger charge is -2.29. The molecule has 1 fully saturated rings. The number of amides is 1. The zero-order valence-electron chi connectivity index (χ0n) is 16.8. The van der Waals surface area contributed by atoms with Gasteiger partial charge in [-0.15, -0.1) is 0 Å². The van der Waals surface area contributed by atoms with Crippen molar-refractivity contribution in [3.05, 3.63) is 59.4 Å². The first-order valence-corrected chi connectivity index (χ1v) is 10.3. The van der Waals surface area contributed by atoms with Crippen molar-refractivity contribution in [2.45, 2.75) is 57.7 Å². The molecule has 1 amide bonds. The first-order chi connectivity index (χ1) is 14.0. The molecule has 2 aliphatic rings. The molecule has 1 aromatic heterocycles. The van der Waals surface area contributed by atoms with E-state index in [9.17, 15) is 9.90 Å². The molecule has 0 bridgehead atoms. The average Bonchev–Trinajstić information content (AvgIpc) is 2.74. The molecule has 0 saturated heterocycles. The Balaban J connectivity index is 1.41. The number of carbonyl (C=O) groups is 1. The van der Waals surface area contributed by atoms with E-state index in [1.54, 1.807) is 0 Å². The Morgan fingerprint density at radius 3 is 2.72 bits per heavy atom. The Morgan fingerprint density at radius 1 is 1.21 bits per heavy atom. The number of aliphatic hydroxyl groups excluding tert-OH is 1. The van der Waals surface area contributed by atoms with Gasteiger partial charge < -0.3 is 15.7 Å². The summed E-state index contributed by atoms with van der Waals surface area (Å²) in [5.74, 6) is 0.602. The van der Waals surface area contributed by atoms with Crippen LogP contribution < -0.4 is 10.6 Å². The second-order valence-electron chi connectivity index (χ2n) is 8.34. The highest BCUT2D eigenvalue weighted by molar-refractivity contribution is 5.86. The Kier molecular flexibility index (Phi) is 5.62. The van der Waals surface area contributed by atoms with Gasteiger partial charge in [0.15, 0.2) is 0 Å². The van der Waals surface area contributed by atoms with Crippen LogP contribution in [0.15, 0.2) is 42.6 Å². The SMILES string of the molecule is CC1(C(=O)NCc2ccccc2)C=Cc2cnc(NC3CCC(O)CC3)nc2C1. The number of nitrogens with zero attached hydrogens (tertiary/aromatic N) is 2. The number of hydrogen-bond acceptors (Lipinski definition) is 5. The molecule has 0 spiro atoms. The minimum absolute atomic E-state index is 0.00218. The molecular weight excluding hydrogens is 364 g/mol. The highest BCUT2D eigenvalue weighted by Gasteiger charge is 2.34. The number of benzene rings is 1. The fourth-order valence-electron chi connectivity index (χ4n) is 4.00. The molecule has 1 unspecified atom stereocenters. The molecule has 1 saturated carbocycles. The van der Waals surface area contributed by atoms with Crippen molar-refractivity contribution in [1.29, 1.82) is 0 Å². The van der Waals surface area contributed by atoms with Gasteiger partial charge in [0.25, 0.3) is 0 Å². The van der Waals surface area contributed by atoms with E-state index in [0.717, 1.165) is 42.5 Å². The number of aromatic nitrogens is 2. The number of hydrogen-bond donors (Lipinski definition) is 3. The van der Waals surface area contributed by atoms with Crippen LogP contribution in [0.25, 0.3) is 6.08 Å². The van der Waals surface area contributed by atoms with Gasteiger partial charge in [0.2, 0.25) is 11.9 Å². The smallest absolute Gasteiger partial charge is 0.230 e. The molecule has 3 N–H and O–H groups in total. The van der Waals surface area contributed by atoms with Crippen LogP contribution in [0.3, 0.4) is 0 Å². The van der Waals surface area contributed by atoms with Gasteiger partial charge in [0, 0.05) is 30.8 Å². The Bertz CT molecular complexity index is 891. The first kappa shape index (κ1) is 19.6. The lowest BCUT2D eigenvalue weighted by atomic mass is 9.79. The van der Waals surface area contributed by atoms with Crippen LogP contribution in [-0.2, 0) is 17.8 Å². The predicted octanol–water partition coefficient (Wildman–Crippen LogP) is 3.08. The molecule has 4 rings (SSSR count). The Hall–Kier alpha value is -2.73. The van der Waals surface area contributed by atoms with Crippen molar-refractivity contribution in [3.63, 3.8) is 0 Å². The van der Waals surface area contributed by atoms with Crippen molar-refractivity contribution < 1.29 is 9.90 Å². The van der Waals surface area contributed by atoms with Crippen LogP contribution >= 0.6 is 0 Å². The fourth-order valence-corrected chi connectivity index (χ4v) is 4.00. The largest absolute Gasteiger partial charge is 0.393 e. The zero-order chi connectivity index (χ0) is 20.3. The molecule has 2 aromatic rings. The van der Waals surface area contributed by atoms with Crippen LogP contribution in [-0.4, -0.2) is 33.1 Å². The van der Waals surface area contributed by atoms with Crippen molar-refractivity contribution in [2.75, 3.05) is 5.32 Å². The van der Waals surface area contributed by atoms with Crippen molar-refractivity contribution in [2.24, 2.45) is 5.41 Å². The summed E-state index contributed by atoms with van der Waals surface area (Å²) in [6.07, 6.45) is 9.53. The van der Waals surface area contributed by atoms with E-state index >= 15 is 0 Å². The zero-order valence-corrected chi connectivity index (χ0v) is 16.8. The summed E-state index contributed by atoms with van der Waals surface area (Å²) in [6.45, 7) is 2.46. The van der Waals surface area contributed by atoms with Gasteiger partial charge in [-0.25, -0.2) is 9.97 Å². The molecule has 1 heterocycles. The third-order valence-corrected chi connectivity index (χ3v) is 5.91. The highest BCUT2D eigenvalue weighted by Crippen LogP contribution is 2.32. The van der Waals surface area contributed by atoms with E-state index in [-0.39, 0.29) is 18.1 Å². The van der Waals surface area contributed by atoms with Gasteiger partial charge in [-0.3, -0.25) is 4.79 Å². The standard InChI is InChI=1S/C23H28N4O2/c1-23(21(29)24-14-16-5-3-2-4-6-16)12-11-17-15-25-22(27-20(17)13-23)26-18-7-9-19(28)10-8-18/h2-6,11-12,15,18-19,28H,7-10,13-14H2,1H3,(H,24,29)(H,25,26,27). The Labute approximate surface area is 171 Å². The summed E-state index contributed by atoms with van der Waals surface area (Å²) in [5.41, 5.74) is 2.29. The summed E-state index contributed by atoms with van der Waals surface area (Å²) in [6, 6.07) is 10.2. The predicted molar refractivity (Wildman–Crippen MR) is 113 cm³/mol. The molecule has 0 radical (unpaired) electrons. The summed E-state index contributed by atoms with van der Waals surface area (Å²) >= 11 is 0. The maximum absolute atomic E-state index is 12.9. The van der Waals surface area contributed by atoms with Crippen molar-refractivity contribution >= 4 is 17.9 Å². The second kappa shape index (κ2) is 8.33. The monoisotopic (exact) mass is 392 g/mol. The van der Waals surface area contributed by atoms with Gasteiger partial charge in [-0.1, -0.05) is 42.5 Å². The van der Waals surface area contributed by atoms with E-state index in [4.69, 9.17) is 4.98 Å². The van der Waals surface area contributed by atoms with Gasteiger partial charge in [-0.05, 0) is 38.2 Å². The van der Waals surface area contributed by atoms with E-state index in [2.05, 4.69) is 15.6 Å². The van der Waals surface area contributed by atoms with E-state index in [0.29, 0.717) is 18.9 Å². The second-order valence-corrected chi connectivity index (χ2v) is 8.34. The quantitative estimate of drug-likeness (QED) is 0.728. The molecule has 1 aromatic carbocycles. The maximum atomic E-state index is 12.9. The lowest BCUT2D eigenvalue weighted by molar-refractivity contribution is -0.128. The third kappa shape index (κ3) is 4.65. The summed E-state index contributed by atoms with van der Waals surface area (Å²) < 4.78 is 0. The molecule has 6 nitrogen and oxygen atoms in total. The van der Waals surface area contributed by atoms with Crippen LogP contribution in [0.1, 0.15) is 49.4 Å². The van der Waals surface area contributed by atoms with Crippen molar-refractivity contribution in [1.82, 2.24) is 15.3 Å². The molecular formula is C23H28N4O2. The summed E-state index contributed by atoms with van der Waals surface area (Å²) in [5, 5.41) is 16.1.